The number of ether oxygens (including phenoxy) is 1. The second-order valence-corrected chi connectivity index (χ2v) is 5.32. The molecule has 0 aliphatic carbocycles. The van der Waals surface area contributed by atoms with Gasteiger partial charge in [0.25, 0.3) is 0 Å². The van der Waals surface area contributed by atoms with E-state index in [-0.39, 0.29) is 0 Å². The van der Waals surface area contributed by atoms with E-state index in [9.17, 15) is 5.26 Å². The Morgan fingerprint density at radius 3 is 2.76 bits per heavy atom. The molecule has 3 rings (SSSR count). The maximum Gasteiger partial charge on any atom is 0.144 e. The smallest absolute Gasteiger partial charge is 0.144 e. The molecule has 0 aliphatic heterocycles. The molecule has 0 saturated carbocycles. The quantitative estimate of drug-likeness (QED) is 0.707. The SMILES string of the molecule is CCOc1cc2ncc(C#N)c(Nc3cccc(C#N)c3)c2cc1N. The van der Waals surface area contributed by atoms with Gasteiger partial charge < -0.3 is 15.8 Å². The molecule has 122 valence electrons. The van der Waals surface area contributed by atoms with Gasteiger partial charge in [-0.05, 0) is 31.2 Å². The number of rotatable bonds is 4. The van der Waals surface area contributed by atoms with Crippen molar-refractivity contribution in [2.24, 2.45) is 0 Å². The Morgan fingerprint density at radius 1 is 1.20 bits per heavy atom. The highest BCUT2D eigenvalue weighted by atomic mass is 16.5. The van der Waals surface area contributed by atoms with Crippen LogP contribution in [0.5, 0.6) is 5.75 Å². The minimum Gasteiger partial charge on any atom is -0.492 e. The summed E-state index contributed by atoms with van der Waals surface area (Å²) in [6, 6.07) is 14.8. The third-order valence-corrected chi connectivity index (χ3v) is 3.68. The van der Waals surface area contributed by atoms with Crippen molar-refractivity contribution in [3.8, 4) is 17.9 Å². The number of nitrogens with two attached hydrogens (primary N) is 1. The Hall–Kier alpha value is -3.77. The molecule has 0 saturated heterocycles. The fourth-order valence-electron chi connectivity index (χ4n) is 2.55. The van der Waals surface area contributed by atoms with Crippen molar-refractivity contribution >= 4 is 28.0 Å². The highest BCUT2D eigenvalue weighted by Crippen LogP contribution is 2.34. The van der Waals surface area contributed by atoms with Gasteiger partial charge in [0.2, 0.25) is 0 Å². The predicted molar refractivity (Wildman–Crippen MR) is 96.5 cm³/mol. The van der Waals surface area contributed by atoms with Crippen molar-refractivity contribution in [3.05, 3.63) is 53.7 Å². The lowest BCUT2D eigenvalue weighted by Crippen LogP contribution is -2.00. The van der Waals surface area contributed by atoms with Crippen LogP contribution in [0.15, 0.2) is 42.6 Å². The van der Waals surface area contributed by atoms with Crippen LogP contribution in [0, 0.1) is 22.7 Å². The normalized spacial score (nSPS) is 10.0. The van der Waals surface area contributed by atoms with Gasteiger partial charge in [0.15, 0.2) is 0 Å². The van der Waals surface area contributed by atoms with Gasteiger partial charge in [-0.1, -0.05) is 6.07 Å². The van der Waals surface area contributed by atoms with Crippen molar-refractivity contribution in [2.45, 2.75) is 6.92 Å². The van der Waals surface area contributed by atoms with Crippen LogP contribution in [-0.2, 0) is 0 Å². The van der Waals surface area contributed by atoms with Crippen molar-refractivity contribution in [3.63, 3.8) is 0 Å². The summed E-state index contributed by atoms with van der Waals surface area (Å²) < 4.78 is 5.50. The van der Waals surface area contributed by atoms with Crippen molar-refractivity contribution in [2.75, 3.05) is 17.7 Å². The van der Waals surface area contributed by atoms with Crippen LogP contribution < -0.4 is 15.8 Å². The minimum absolute atomic E-state index is 0.387. The lowest BCUT2D eigenvalue weighted by molar-refractivity contribution is 0.342. The summed E-state index contributed by atoms with van der Waals surface area (Å²) in [7, 11) is 0. The molecule has 0 fully saturated rings. The van der Waals surface area contributed by atoms with Crippen LogP contribution in [0.25, 0.3) is 10.9 Å². The first kappa shape index (κ1) is 16.1. The Labute approximate surface area is 145 Å². The molecule has 2 aromatic carbocycles. The molecule has 3 aromatic rings. The molecule has 6 heteroatoms. The van der Waals surface area contributed by atoms with Gasteiger partial charge in [-0.15, -0.1) is 0 Å². The van der Waals surface area contributed by atoms with Crippen LogP contribution in [0.3, 0.4) is 0 Å². The number of anilines is 3. The average molecular weight is 329 g/mol. The molecule has 0 unspecified atom stereocenters. The second kappa shape index (κ2) is 6.77. The van der Waals surface area contributed by atoms with Gasteiger partial charge in [0.1, 0.15) is 11.8 Å². The van der Waals surface area contributed by atoms with Crippen LogP contribution in [0.2, 0.25) is 0 Å². The predicted octanol–water partition coefficient (Wildman–Crippen LogP) is 3.70. The van der Waals surface area contributed by atoms with Crippen LogP contribution >= 0.6 is 0 Å². The molecule has 0 amide bonds. The number of nitrogen functional groups attached to an aromatic ring is 1. The zero-order valence-corrected chi connectivity index (χ0v) is 13.6. The topological polar surface area (TPSA) is 108 Å². The summed E-state index contributed by atoms with van der Waals surface area (Å²) >= 11 is 0. The molecule has 6 nitrogen and oxygen atoms in total. The van der Waals surface area contributed by atoms with Crippen LogP contribution in [0.1, 0.15) is 18.1 Å². The minimum atomic E-state index is 0.387. The summed E-state index contributed by atoms with van der Waals surface area (Å²) in [5.41, 5.74) is 9.41. The number of hydrogen-bond donors (Lipinski definition) is 2. The summed E-state index contributed by atoms with van der Waals surface area (Å²) in [6.07, 6.45) is 1.50. The zero-order valence-electron chi connectivity index (χ0n) is 13.6. The zero-order chi connectivity index (χ0) is 17.8. The molecule has 0 atom stereocenters. The van der Waals surface area contributed by atoms with Gasteiger partial charge in [0, 0.05) is 23.3 Å². The van der Waals surface area contributed by atoms with Crippen LogP contribution in [-0.4, -0.2) is 11.6 Å². The lowest BCUT2D eigenvalue weighted by atomic mass is 10.1. The van der Waals surface area contributed by atoms with Gasteiger partial charge in [-0.2, -0.15) is 10.5 Å². The Bertz CT molecular complexity index is 1030. The lowest BCUT2D eigenvalue weighted by Gasteiger charge is -2.14. The van der Waals surface area contributed by atoms with Gasteiger partial charge in [-0.25, -0.2) is 0 Å². The van der Waals surface area contributed by atoms with Gasteiger partial charge >= 0.3 is 0 Å². The monoisotopic (exact) mass is 329 g/mol. The number of nitrogens with zero attached hydrogens (tertiary/aromatic N) is 3. The van der Waals surface area contributed by atoms with Gasteiger partial charge in [-0.3, -0.25) is 4.98 Å². The standard InChI is InChI=1S/C19H15N5O/c1-2-25-18-8-17-15(7-16(18)22)19(13(10-21)11-23-17)24-14-5-3-4-12(6-14)9-20/h3-8,11H,2,22H2,1H3,(H,23,24). The first-order valence-electron chi connectivity index (χ1n) is 7.68. The summed E-state index contributed by atoms with van der Waals surface area (Å²) in [5.74, 6) is 0.560. The first-order valence-corrected chi connectivity index (χ1v) is 7.68. The molecular formula is C19H15N5O. The third kappa shape index (κ3) is 3.15. The molecule has 1 aromatic heterocycles. The van der Waals surface area contributed by atoms with E-state index in [1.54, 1.807) is 30.3 Å². The van der Waals surface area contributed by atoms with E-state index in [4.69, 9.17) is 15.7 Å². The molecule has 25 heavy (non-hydrogen) atoms. The molecule has 0 bridgehead atoms. The number of aromatic nitrogens is 1. The van der Waals surface area contributed by atoms with E-state index in [1.807, 2.05) is 13.0 Å². The Kier molecular flexibility index (Phi) is 4.36. The summed E-state index contributed by atoms with van der Waals surface area (Å²) in [4.78, 5) is 4.32. The number of nitrogens with one attached hydrogen (secondary N) is 1. The molecule has 0 spiro atoms. The van der Waals surface area contributed by atoms with Gasteiger partial charge in [0.05, 0.1) is 40.7 Å². The Balaban J connectivity index is 2.16. The fourth-order valence-corrected chi connectivity index (χ4v) is 2.55. The number of nitriles is 2. The number of pyridine rings is 1. The molecule has 0 radical (unpaired) electrons. The first-order chi connectivity index (χ1) is 12.2. The third-order valence-electron chi connectivity index (χ3n) is 3.68. The maximum absolute atomic E-state index is 9.43. The van der Waals surface area contributed by atoms with E-state index in [2.05, 4.69) is 22.4 Å². The highest BCUT2D eigenvalue weighted by molar-refractivity contribution is 5.98. The van der Waals surface area contributed by atoms with Crippen LogP contribution in [0.4, 0.5) is 17.1 Å². The second-order valence-electron chi connectivity index (χ2n) is 5.32. The maximum atomic E-state index is 9.43. The number of benzene rings is 2. The average Bonchev–Trinajstić information content (AvgIpc) is 2.63. The Morgan fingerprint density at radius 2 is 2.04 bits per heavy atom. The molecule has 3 N–H and O–H groups in total. The van der Waals surface area contributed by atoms with Crippen molar-refractivity contribution in [1.82, 2.24) is 4.98 Å². The van der Waals surface area contributed by atoms with E-state index < -0.39 is 0 Å². The van der Waals surface area contributed by atoms with E-state index >= 15 is 0 Å². The highest BCUT2D eigenvalue weighted by Gasteiger charge is 2.13. The van der Waals surface area contributed by atoms with Crippen molar-refractivity contribution in [1.29, 1.82) is 10.5 Å². The largest absolute Gasteiger partial charge is 0.492 e. The molecule has 0 aliphatic rings. The number of fused-ring (bicyclic) bond motifs is 1. The molecular weight excluding hydrogens is 314 g/mol. The summed E-state index contributed by atoms with van der Waals surface area (Å²) in [6.45, 7) is 2.38. The summed E-state index contributed by atoms with van der Waals surface area (Å²) in [5, 5.41) is 22.4. The van der Waals surface area contributed by atoms with E-state index in [0.29, 0.717) is 51.4 Å². The van der Waals surface area contributed by atoms with Crippen molar-refractivity contribution < 1.29 is 4.74 Å². The fraction of sp³-hybridized carbons (Fsp3) is 0.105. The van der Waals surface area contributed by atoms with E-state index in [1.165, 1.54) is 6.20 Å². The van der Waals surface area contributed by atoms with E-state index in [0.717, 1.165) is 0 Å². The molecule has 1 heterocycles. The number of hydrogen-bond acceptors (Lipinski definition) is 6.